The Morgan fingerprint density at radius 3 is 1.56 bits per heavy atom. The minimum absolute atomic E-state index is 0.640. The fourth-order valence-corrected chi connectivity index (χ4v) is 4.12. The average Bonchev–Trinajstić information content (AvgIpc) is 2.38. The van der Waals surface area contributed by atoms with Crippen LogP contribution in [0.5, 0.6) is 0 Å². The van der Waals surface area contributed by atoms with Gasteiger partial charge in [0.05, 0.1) is 0 Å². The number of nitrogens with two attached hydrogens (primary N) is 1. The first-order valence-corrected chi connectivity index (χ1v) is 8.75. The third-order valence-corrected chi connectivity index (χ3v) is 5.22. The fourth-order valence-electron chi connectivity index (χ4n) is 1.54. The Morgan fingerprint density at radius 2 is 1.22 bits per heavy atom. The van der Waals surface area contributed by atoms with Gasteiger partial charge in [0.25, 0.3) is 0 Å². The van der Waals surface area contributed by atoms with E-state index >= 15 is 0 Å². The van der Waals surface area contributed by atoms with Crippen molar-refractivity contribution in [2.45, 2.75) is 40.2 Å². The highest BCUT2D eigenvalue weighted by Crippen LogP contribution is 2.18. The van der Waals surface area contributed by atoms with Gasteiger partial charge in [0.2, 0.25) is 0 Å². The molecule has 0 radical (unpaired) electrons. The van der Waals surface area contributed by atoms with Crippen molar-refractivity contribution in [3.8, 4) is 0 Å². The van der Waals surface area contributed by atoms with Crippen LogP contribution >= 0.6 is 0 Å². The van der Waals surface area contributed by atoms with Gasteiger partial charge >= 0.3 is 8.80 Å². The zero-order chi connectivity index (χ0) is 14.3. The molecule has 18 heavy (non-hydrogen) atoms. The molecule has 0 saturated heterocycles. The van der Waals surface area contributed by atoms with Crippen molar-refractivity contribution in [3.05, 3.63) is 0 Å². The summed E-state index contributed by atoms with van der Waals surface area (Å²) in [5.74, 6) is 0. The largest absolute Gasteiger partial charge is 0.501 e. The average molecular weight is 281 g/mol. The standard InChI is InChI=1S/C11H26O4Si.CH5N/c1-5-12-10-9-11-16(13-6-2,14-7-3)15-8-4;1-2/h5-11H2,1-4H3;2H2,1H3. The summed E-state index contributed by atoms with van der Waals surface area (Å²) in [5, 5.41) is 0. The smallest absolute Gasteiger partial charge is 0.382 e. The van der Waals surface area contributed by atoms with Gasteiger partial charge in [-0.3, -0.25) is 0 Å². The number of ether oxygens (including phenoxy) is 1. The van der Waals surface area contributed by atoms with Crippen LogP contribution in [-0.4, -0.2) is 48.9 Å². The lowest BCUT2D eigenvalue weighted by molar-refractivity contribution is 0.0666. The summed E-state index contributed by atoms with van der Waals surface area (Å²) >= 11 is 0. The molecule has 0 spiro atoms. The van der Waals surface area contributed by atoms with Crippen molar-refractivity contribution in [2.75, 3.05) is 40.1 Å². The van der Waals surface area contributed by atoms with E-state index in [0.717, 1.165) is 25.7 Å². The summed E-state index contributed by atoms with van der Waals surface area (Å²) in [5.41, 5.74) is 4.50. The number of rotatable bonds is 11. The molecule has 0 rings (SSSR count). The maximum Gasteiger partial charge on any atom is 0.501 e. The van der Waals surface area contributed by atoms with Crippen molar-refractivity contribution in [3.63, 3.8) is 0 Å². The van der Waals surface area contributed by atoms with Crippen LogP contribution in [0.4, 0.5) is 0 Å². The molecule has 0 saturated carbocycles. The van der Waals surface area contributed by atoms with Crippen LogP contribution in [0.2, 0.25) is 6.04 Å². The summed E-state index contributed by atoms with van der Waals surface area (Å²) in [7, 11) is -0.926. The predicted molar refractivity (Wildman–Crippen MR) is 76.7 cm³/mol. The Morgan fingerprint density at radius 1 is 0.778 bits per heavy atom. The van der Waals surface area contributed by atoms with Crippen molar-refractivity contribution in [1.29, 1.82) is 0 Å². The molecule has 112 valence electrons. The molecule has 0 aromatic heterocycles. The lowest BCUT2D eigenvalue weighted by Crippen LogP contribution is -2.46. The van der Waals surface area contributed by atoms with Gasteiger partial charge in [-0.1, -0.05) is 0 Å². The highest BCUT2D eigenvalue weighted by Gasteiger charge is 2.39. The Balaban J connectivity index is 0. The zero-order valence-electron chi connectivity index (χ0n) is 12.7. The molecular weight excluding hydrogens is 250 g/mol. The Bertz CT molecular complexity index is 144. The summed E-state index contributed by atoms with van der Waals surface area (Å²) in [4.78, 5) is 0. The van der Waals surface area contributed by atoms with E-state index in [2.05, 4.69) is 5.73 Å². The van der Waals surface area contributed by atoms with Crippen LogP contribution in [0.15, 0.2) is 0 Å². The van der Waals surface area contributed by atoms with E-state index in [1.165, 1.54) is 7.05 Å². The highest BCUT2D eigenvalue weighted by atomic mass is 28.4. The van der Waals surface area contributed by atoms with E-state index in [1.807, 2.05) is 27.7 Å². The van der Waals surface area contributed by atoms with Crippen LogP contribution in [0, 0.1) is 0 Å². The molecule has 0 fully saturated rings. The molecule has 5 nitrogen and oxygen atoms in total. The normalized spacial score (nSPS) is 11.0. The molecule has 0 aliphatic heterocycles. The molecule has 0 amide bonds. The van der Waals surface area contributed by atoms with Crippen LogP contribution in [0.25, 0.3) is 0 Å². The van der Waals surface area contributed by atoms with Gasteiger partial charge in [-0.25, -0.2) is 0 Å². The molecular formula is C12H31NO4Si. The molecule has 0 heterocycles. The molecule has 0 atom stereocenters. The summed E-state index contributed by atoms with van der Waals surface area (Å²) < 4.78 is 22.5. The minimum atomic E-state index is -2.43. The first kappa shape index (κ1) is 20.3. The molecule has 0 aliphatic rings. The maximum atomic E-state index is 5.73. The summed E-state index contributed by atoms with van der Waals surface area (Å²) in [6.07, 6.45) is 0.931. The monoisotopic (exact) mass is 281 g/mol. The van der Waals surface area contributed by atoms with E-state index in [9.17, 15) is 0 Å². The zero-order valence-corrected chi connectivity index (χ0v) is 13.7. The van der Waals surface area contributed by atoms with Gasteiger partial charge in [0.1, 0.15) is 0 Å². The van der Waals surface area contributed by atoms with Gasteiger partial charge in [0, 0.05) is 39.1 Å². The van der Waals surface area contributed by atoms with Gasteiger partial charge in [-0.2, -0.15) is 0 Å². The third-order valence-electron chi connectivity index (χ3n) is 2.07. The second-order valence-electron chi connectivity index (χ2n) is 3.28. The van der Waals surface area contributed by atoms with Crippen molar-refractivity contribution < 1.29 is 18.0 Å². The molecule has 0 unspecified atom stereocenters. The molecule has 0 aromatic rings. The molecule has 0 aliphatic carbocycles. The summed E-state index contributed by atoms with van der Waals surface area (Å²) in [6, 6.07) is 0.836. The Kier molecular flexibility index (Phi) is 17.0. The van der Waals surface area contributed by atoms with Crippen molar-refractivity contribution >= 4 is 8.80 Å². The van der Waals surface area contributed by atoms with E-state index in [1.54, 1.807) is 0 Å². The van der Waals surface area contributed by atoms with Crippen LogP contribution < -0.4 is 5.73 Å². The molecule has 0 bridgehead atoms. The quantitative estimate of drug-likeness (QED) is 0.464. The predicted octanol–water partition coefficient (Wildman–Crippen LogP) is 2.04. The summed E-state index contributed by atoms with van der Waals surface area (Å²) in [6.45, 7) is 11.3. The van der Waals surface area contributed by atoms with Gasteiger partial charge in [-0.15, -0.1) is 0 Å². The first-order valence-electron chi connectivity index (χ1n) is 6.82. The van der Waals surface area contributed by atoms with Crippen molar-refractivity contribution in [1.82, 2.24) is 0 Å². The van der Waals surface area contributed by atoms with Gasteiger partial charge in [0.15, 0.2) is 0 Å². The van der Waals surface area contributed by atoms with Crippen molar-refractivity contribution in [2.24, 2.45) is 5.73 Å². The van der Waals surface area contributed by atoms with Crippen LogP contribution in [-0.2, 0) is 18.0 Å². The minimum Gasteiger partial charge on any atom is -0.382 e. The van der Waals surface area contributed by atoms with Crippen LogP contribution in [0.1, 0.15) is 34.1 Å². The first-order chi connectivity index (χ1) is 8.74. The second-order valence-corrected chi connectivity index (χ2v) is 6.01. The fraction of sp³-hybridized carbons (Fsp3) is 1.00. The van der Waals surface area contributed by atoms with Crippen LogP contribution in [0.3, 0.4) is 0 Å². The Hall–Kier alpha value is 0.0169. The van der Waals surface area contributed by atoms with E-state index < -0.39 is 8.80 Å². The third kappa shape index (κ3) is 9.99. The highest BCUT2D eigenvalue weighted by molar-refractivity contribution is 6.60. The number of hydrogen-bond acceptors (Lipinski definition) is 5. The van der Waals surface area contributed by atoms with E-state index in [4.69, 9.17) is 18.0 Å². The number of hydrogen-bond donors (Lipinski definition) is 1. The van der Waals surface area contributed by atoms with Gasteiger partial charge in [-0.05, 0) is 41.2 Å². The molecule has 6 heteroatoms. The van der Waals surface area contributed by atoms with E-state index in [-0.39, 0.29) is 0 Å². The lowest BCUT2D eigenvalue weighted by atomic mass is 10.5. The topological polar surface area (TPSA) is 62.9 Å². The maximum absolute atomic E-state index is 5.73. The molecule has 0 aromatic carbocycles. The second kappa shape index (κ2) is 15.1. The molecule has 2 N–H and O–H groups in total. The SMILES string of the molecule is CCOCCC[Si](OCC)(OCC)OCC.CN. The Labute approximate surface area is 113 Å². The van der Waals surface area contributed by atoms with Gasteiger partial charge < -0.3 is 23.7 Å². The van der Waals surface area contributed by atoms with E-state index in [0.29, 0.717) is 19.8 Å². The lowest BCUT2D eigenvalue weighted by Gasteiger charge is -2.28.